The molecule has 0 aliphatic rings. The van der Waals surface area contributed by atoms with Gasteiger partial charge in [0.2, 0.25) is 0 Å². The molecule has 78 valence electrons. The summed E-state index contributed by atoms with van der Waals surface area (Å²) in [6, 6.07) is 6.02. The minimum absolute atomic E-state index is 0.620. The van der Waals surface area contributed by atoms with Crippen molar-refractivity contribution in [1.82, 2.24) is 5.32 Å². The van der Waals surface area contributed by atoms with Gasteiger partial charge in [-0.15, -0.1) is 0 Å². The van der Waals surface area contributed by atoms with Gasteiger partial charge in [0, 0.05) is 0 Å². The molecule has 0 amide bonds. The van der Waals surface area contributed by atoms with Crippen molar-refractivity contribution >= 4 is 22.6 Å². The van der Waals surface area contributed by atoms with Crippen LogP contribution < -0.4 is 5.32 Å². The van der Waals surface area contributed by atoms with Crippen LogP contribution in [0.15, 0.2) is 23.2 Å². The van der Waals surface area contributed by atoms with Crippen LogP contribution in [0.2, 0.25) is 0 Å². The summed E-state index contributed by atoms with van der Waals surface area (Å²) in [5, 5.41) is 11.7. The zero-order chi connectivity index (χ0) is 11.3. The average molecular weight is 219 g/mol. The molecule has 0 aliphatic carbocycles. The highest BCUT2D eigenvalue weighted by Gasteiger charge is 2.02. The van der Waals surface area contributed by atoms with E-state index in [1.165, 1.54) is 11.8 Å². The summed E-state index contributed by atoms with van der Waals surface area (Å²) in [4.78, 5) is 4.41. The molecule has 0 aliphatic heterocycles. The zero-order valence-corrected chi connectivity index (χ0v) is 9.85. The van der Waals surface area contributed by atoms with Crippen molar-refractivity contribution in [1.29, 1.82) is 5.26 Å². The maximum Gasteiger partial charge on any atom is 0.183 e. The number of hydrogen-bond donors (Lipinski definition) is 1. The number of aliphatic imine (C=N–C) groups is 1. The first-order chi connectivity index (χ1) is 7.19. The summed E-state index contributed by atoms with van der Waals surface area (Å²) in [5.41, 5.74) is 3.16. The number of benzene rings is 1. The van der Waals surface area contributed by atoms with E-state index < -0.39 is 0 Å². The quantitative estimate of drug-likeness (QED) is 0.342. The monoisotopic (exact) mass is 219 g/mol. The number of aryl methyl sites for hydroxylation is 2. The van der Waals surface area contributed by atoms with Crippen LogP contribution in [0.5, 0.6) is 0 Å². The maximum absolute atomic E-state index is 8.53. The Morgan fingerprint density at radius 3 is 2.47 bits per heavy atom. The largest absolute Gasteiger partial charge is 0.271 e. The SMILES string of the molecule is CSC(=Nc1c(C)cccc1C)NC#N. The maximum atomic E-state index is 8.53. The molecule has 0 radical (unpaired) electrons. The fraction of sp³-hybridized carbons (Fsp3) is 0.273. The van der Waals surface area contributed by atoms with Gasteiger partial charge in [-0.3, -0.25) is 5.32 Å². The van der Waals surface area contributed by atoms with Crippen LogP contribution in [0, 0.1) is 25.3 Å². The molecule has 0 spiro atoms. The number of amidine groups is 1. The predicted molar refractivity (Wildman–Crippen MR) is 65.3 cm³/mol. The first-order valence-corrected chi connectivity index (χ1v) is 5.75. The molecule has 1 rings (SSSR count). The van der Waals surface area contributed by atoms with Crippen LogP contribution in [0.1, 0.15) is 11.1 Å². The lowest BCUT2D eigenvalue weighted by atomic mass is 10.1. The van der Waals surface area contributed by atoms with Crippen molar-refractivity contribution in [3.8, 4) is 6.19 Å². The second kappa shape index (κ2) is 5.42. The van der Waals surface area contributed by atoms with Crippen molar-refractivity contribution in [2.75, 3.05) is 6.26 Å². The zero-order valence-electron chi connectivity index (χ0n) is 9.03. The lowest BCUT2D eigenvalue weighted by Gasteiger charge is -2.05. The van der Waals surface area contributed by atoms with Gasteiger partial charge in [-0.05, 0) is 31.2 Å². The molecule has 0 saturated heterocycles. The van der Waals surface area contributed by atoms with Gasteiger partial charge in [-0.1, -0.05) is 30.0 Å². The predicted octanol–water partition coefficient (Wildman–Crippen LogP) is 2.72. The lowest BCUT2D eigenvalue weighted by molar-refractivity contribution is 1.26. The summed E-state index contributed by atoms with van der Waals surface area (Å²) in [6.45, 7) is 4.02. The second-order valence-corrected chi connectivity index (χ2v) is 3.89. The summed E-state index contributed by atoms with van der Waals surface area (Å²) < 4.78 is 0. The van der Waals surface area contributed by atoms with Crippen molar-refractivity contribution in [3.63, 3.8) is 0 Å². The molecule has 1 aromatic rings. The number of nitrogens with one attached hydrogen (secondary N) is 1. The van der Waals surface area contributed by atoms with E-state index in [0.717, 1.165) is 16.8 Å². The van der Waals surface area contributed by atoms with Gasteiger partial charge in [0.05, 0.1) is 5.69 Å². The van der Waals surface area contributed by atoms with Gasteiger partial charge in [0.15, 0.2) is 11.4 Å². The van der Waals surface area contributed by atoms with Gasteiger partial charge >= 0.3 is 0 Å². The van der Waals surface area contributed by atoms with Crippen LogP contribution in [-0.2, 0) is 0 Å². The smallest absolute Gasteiger partial charge is 0.183 e. The van der Waals surface area contributed by atoms with Crippen LogP contribution >= 0.6 is 11.8 Å². The normalized spacial score (nSPS) is 10.9. The number of para-hydroxylation sites is 1. The Kier molecular flexibility index (Phi) is 4.19. The van der Waals surface area contributed by atoms with Crippen molar-refractivity contribution in [2.24, 2.45) is 4.99 Å². The van der Waals surface area contributed by atoms with E-state index in [1.54, 1.807) is 0 Å². The minimum Gasteiger partial charge on any atom is -0.271 e. The van der Waals surface area contributed by atoms with E-state index >= 15 is 0 Å². The third-order valence-corrected chi connectivity index (χ3v) is 2.59. The van der Waals surface area contributed by atoms with E-state index in [1.807, 2.05) is 44.5 Å². The average Bonchev–Trinajstić information content (AvgIpc) is 2.22. The molecule has 4 heteroatoms. The Balaban J connectivity index is 3.11. The van der Waals surface area contributed by atoms with Gasteiger partial charge in [-0.25, -0.2) is 4.99 Å². The highest BCUT2D eigenvalue weighted by atomic mass is 32.2. The first-order valence-electron chi connectivity index (χ1n) is 4.53. The Morgan fingerprint density at radius 2 is 2.00 bits per heavy atom. The fourth-order valence-corrected chi connectivity index (χ4v) is 1.59. The fourth-order valence-electron chi connectivity index (χ4n) is 1.26. The Morgan fingerprint density at radius 1 is 1.40 bits per heavy atom. The van der Waals surface area contributed by atoms with Gasteiger partial charge in [0.25, 0.3) is 0 Å². The molecule has 0 unspecified atom stereocenters. The molecule has 3 nitrogen and oxygen atoms in total. The van der Waals surface area contributed by atoms with E-state index in [4.69, 9.17) is 5.26 Å². The molecule has 0 saturated carbocycles. The molecule has 1 aromatic carbocycles. The van der Waals surface area contributed by atoms with Crippen LogP contribution in [-0.4, -0.2) is 11.4 Å². The second-order valence-electron chi connectivity index (χ2n) is 3.10. The molecule has 0 fully saturated rings. The summed E-state index contributed by atoms with van der Waals surface area (Å²) in [7, 11) is 0. The molecule has 1 N–H and O–H groups in total. The molecule has 15 heavy (non-hydrogen) atoms. The number of nitrogens with zero attached hydrogens (tertiary/aromatic N) is 2. The molecule has 0 aromatic heterocycles. The summed E-state index contributed by atoms with van der Waals surface area (Å²) >= 11 is 1.42. The summed E-state index contributed by atoms with van der Waals surface area (Å²) in [6.07, 6.45) is 3.76. The van der Waals surface area contributed by atoms with Crippen molar-refractivity contribution in [2.45, 2.75) is 13.8 Å². The first kappa shape index (κ1) is 11.6. The highest BCUT2D eigenvalue weighted by Crippen LogP contribution is 2.23. The van der Waals surface area contributed by atoms with Gasteiger partial charge < -0.3 is 0 Å². The topological polar surface area (TPSA) is 48.2 Å². The van der Waals surface area contributed by atoms with Crippen LogP contribution in [0.3, 0.4) is 0 Å². The molecule has 0 bridgehead atoms. The number of rotatable bonds is 1. The van der Waals surface area contributed by atoms with E-state index in [9.17, 15) is 0 Å². The van der Waals surface area contributed by atoms with Crippen LogP contribution in [0.25, 0.3) is 0 Å². The Hall–Kier alpha value is -1.47. The number of thioether (sulfide) groups is 1. The highest BCUT2D eigenvalue weighted by molar-refractivity contribution is 8.13. The van der Waals surface area contributed by atoms with E-state index in [2.05, 4.69) is 10.3 Å². The van der Waals surface area contributed by atoms with E-state index in [-0.39, 0.29) is 0 Å². The van der Waals surface area contributed by atoms with E-state index in [0.29, 0.717) is 5.17 Å². The molecular weight excluding hydrogens is 206 g/mol. The Labute approximate surface area is 94.2 Å². The number of hydrogen-bond acceptors (Lipinski definition) is 3. The standard InChI is InChI=1S/C11H13N3S/c1-8-5-4-6-9(2)10(8)14-11(15-3)13-7-12/h4-6H,1-3H3,(H,13,14). The molecule has 0 heterocycles. The number of nitriles is 1. The molecular formula is C11H13N3S. The van der Waals surface area contributed by atoms with Crippen molar-refractivity contribution < 1.29 is 0 Å². The Bertz CT molecular complexity index is 398. The van der Waals surface area contributed by atoms with Gasteiger partial charge in [-0.2, -0.15) is 5.26 Å². The minimum atomic E-state index is 0.620. The van der Waals surface area contributed by atoms with Crippen molar-refractivity contribution in [3.05, 3.63) is 29.3 Å². The summed E-state index contributed by atoms with van der Waals surface area (Å²) in [5.74, 6) is 0. The lowest BCUT2D eigenvalue weighted by Crippen LogP contribution is -2.12. The van der Waals surface area contributed by atoms with Gasteiger partial charge in [0.1, 0.15) is 0 Å². The third-order valence-electron chi connectivity index (χ3n) is 2.01. The third kappa shape index (κ3) is 3.00. The van der Waals surface area contributed by atoms with Crippen LogP contribution in [0.4, 0.5) is 5.69 Å². The molecule has 0 atom stereocenters.